The Morgan fingerprint density at radius 2 is 1.62 bits per heavy atom. The second-order valence-corrected chi connectivity index (χ2v) is 9.78. The predicted octanol–water partition coefficient (Wildman–Crippen LogP) is 4.72. The lowest BCUT2D eigenvalue weighted by Crippen LogP contribution is -2.48. The molecule has 1 saturated heterocycles. The number of nitrogens with one attached hydrogen (secondary N) is 1. The van der Waals surface area contributed by atoms with Crippen LogP contribution in [0.25, 0.3) is 11.0 Å². The molecule has 3 heterocycles. The Hall–Kier alpha value is -1.58. The zero-order valence-corrected chi connectivity index (χ0v) is 15.9. The molecule has 1 aliphatic heterocycles. The highest BCUT2D eigenvalue weighted by Crippen LogP contribution is 2.60. The Morgan fingerprint density at radius 3 is 2.27 bits per heavy atom. The number of H-pyrrole nitrogens is 1. The van der Waals surface area contributed by atoms with E-state index in [1.165, 1.54) is 69.0 Å². The molecule has 0 spiro atoms. The average molecular weight is 351 g/mol. The molecule has 2 aromatic heterocycles. The summed E-state index contributed by atoms with van der Waals surface area (Å²) >= 11 is 0. The molecule has 4 nitrogen and oxygen atoms in total. The van der Waals surface area contributed by atoms with Crippen molar-refractivity contribution in [2.45, 2.75) is 70.1 Å². The molecule has 5 fully saturated rings. The van der Waals surface area contributed by atoms with Crippen LogP contribution < -0.4 is 4.90 Å². The molecule has 4 aliphatic carbocycles. The Bertz CT molecular complexity index is 810. The van der Waals surface area contributed by atoms with Gasteiger partial charge in [-0.15, -0.1) is 0 Å². The minimum absolute atomic E-state index is 0.405. The van der Waals surface area contributed by atoms with E-state index in [2.05, 4.69) is 16.0 Å². The molecule has 138 valence electrons. The van der Waals surface area contributed by atoms with Crippen molar-refractivity contribution in [1.29, 1.82) is 0 Å². The van der Waals surface area contributed by atoms with E-state index in [-0.39, 0.29) is 0 Å². The van der Waals surface area contributed by atoms with Crippen LogP contribution in [-0.4, -0.2) is 28.0 Å². The zero-order chi connectivity index (χ0) is 17.3. The van der Waals surface area contributed by atoms with Crippen molar-refractivity contribution < 1.29 is 0 Å². The van der Waals surface area contributed by atoms with Gasteiger partial charge in [-0.2, -0.15) is 0 Å². The van der Waals surface area contributed by atoms with Crippen LogP contribution in [0, 0.1) is 24.7 Å². The molecule has 7 rings (SSSR count). The molecule has 1 N–H and O–H groups in total. The second-order valence-electron chi connectivity index (χ2n) is 9.78. The number of anilines is 1. The Balaban J connectivity index is 1.45. The van der Waals surface area contributed by atoms with Gasteiger partial charge in [0.25, 0.3) is 0 Å². The molecule has 26 heavy (non-hydrogen) atoms. The van der Waals surface area contributed by atoms with Crippen LogP contribution in [-0.2, 0) is 5.41 Å². The fourth-order valence-electron chi connectivity index (χ4n) is 7.17. The number of rotatable bonds is 2. The first-order chi connectivity index (χ1) is 12.7. The number of hydrogen-bond acceptors (Lipinski definition) is 3. The van der Waals surface area contributed by atoms with Crippen LogP contribution in [0.2, 0.25) is 0 Å². The molecule has 0 amide bonds. The van der Waals surface area contributed by atoms with Gasteiger partial charge in [-0.3, -0.25) is 0 Å². The first kappa shape index (κ1) is 15.5. The van der Waals surface area contributed by atoms with E-state index in [9.17, 15) is 0 Å². The van der Waals surface area contributed by atoms with Crippen LogP contribution in [0.5, 0.6) is 0 Å². The SMILES string of the molecule is Cc1nc(N2CCCCC2)c2[nH]c(C34CC5CC(CC(C5)C3)C4)cc2n1. The van der Waals surface area contributed by atoms with E-state index < -0.39 is 0 Å². The average Bonchev–Trinajstić information content (AvgIpc) is 3.05. The van der Waals surface area contributed by atoms with Crippen molar-refractivity contribution in [3.8, 4) is 0 Å². The van der Waals surface area contributed by atoms with Crippen molar-refractivity contribution >= 4 is 16.9 Å². The monoisotopic (exact) mass is 350 g/mol. The summed E-state index contributed by atoms with van der Waals surface area (Å²) in [5.74, 6) is 4.99. The summed E-state index contributed by atoms with van der Waals surface area (Å²) < 4.78 is 0. The highest BCUT2D eigenvalue weighted by atomic mass is 15.2. The van der Waals surface area contributed by atoms with E-state index in [0.29, 0.717) is 5.41 Å². The van der Waals surface area contributed by atoms with Gasteiger partial charge in [0.15, 0.2) is 5.82 Å². The molecule has 0 aromatic carbocycles. The Morgan fingerprint density at radius 1 is 0.962 bits per heavy atom. The van der Waals surface area contributed by atoms with E-state index in [0.717, 1.165) is 48.0 Å². The first-order valence-electron chi connectivity index (χ1n) is 10.8. The van der Waals surface area contributed by atoms with E-state index in [1.807, 2.05) is 6.92 Å². The van der Waals surface area contributed by atoms with Crippen LogP contribution >= 0.6 is 0 Å². The van der Waals surface area contributed by atoms with Gasteiger partial charge in [-0.1, -0.05) is 0 Å². The maximum absolute atomic E-state index is 4.87. The third-order valence-corrected chi connectivity index (χ3v) is 7.84. The molecule has 4 saturated carbocycles. The predicted molar refractivity (Wildman–Crippen MR) is 105 cm³/mol. The summed E-state index contributed by atoms with van der Waals surface area (Å²) in [7, 11) is 0. The second kappa shape index (κ2) is 5.46. The maximum atomic E-state index is 4.87. The molecule has 4 bridgehead atoms. The highest BCUT2D eigenvalue weighted by molar-refractivity contribution is 5.87. The summed E-state index contributed by atoms with van der Waals surface area (Å²) in [5.41, 5.74) is 4.22. The van der Waals surface area contributed by atoms with Gasteiger partial charge in [0.2, 0.25) is 0 Å². The smallest absolute Gasteiger partial charge is 0.156 e. The molecule has 5 aliphatic rings. The number of aromatic amines is 1. The summed E-state index contributed by atoms with van der Waals surface area (Å²) in [5, 5.41) is 0. The quantitative estimate of drug-likeness (QED) is 0.852. The third kappa shape index (κ3) is 2.26. The van der Waals surface area contributed by atoms with E-state index >= 15 is 0 Å². The Kier molecular flexibility index (Phi) is 3.25. The largest absolute Gasteiger partial charge is 0.355 e. The number of aryl methyl sites for hydroxylation is 1. The Labute approximate surface area is 155 Å². The molecular formula is C22H30N4. The summed E-state index contributed by atoms with van der Waals surface area (Å²) in [6.07, 6.45) is 12.6. The first-order valence-corrected chi connectivity index (χ1v) is 10.8. The molecule has 2 aromatic rings. The molecule has 0 atom stereocenters. The van der Waals surface area contributed by atoms with Gasteiger partial charge in [-0.25, -0.2) is 9.97 Å². The number of hydrogen-bond donors (Lipinski definition) is 1. The van der Waals surface area contributed by atoms with Gasteiger partial charge >= 0.3 is 0 Å². The van der Waals surface area contributed by atoms with Crippen LogP contribution in [0.3, 0.4) is 0 Å². The van der Waals surface area contributed by atoms with Crippen LogP contribution in [0.1, 0.15) is 69.3 Å². The lowest BCUT2D eigenvalue weighted by Gasteiger charge is -2.56. The van der Waals surface area contributed by atoms with Gasteiger partial charge in [0.05, 0.1) is 5.52 Å². The minimum Gasteiger partial charge on any atom is -0.355 e. The van der Waals surface area contributed by atoms with Crippen LogP contribution in [0.15, 0.2) is 6.07 Å². The standard InChI is InChI=1S/C22H30N4/c1-14-23-18-10-19(22-11-15-7-16(12-22)9-17(8-15)13-22)25-20(18)21(24-14)26-5-3-2-4-6-26/h10,15-17,25H,2-9,11-13H2,1H3. The van der Waals surface area contributed by atoms with Gasteiger partial charge in [-0.05, 0) is 88.5 Å². The lowest BCUT2D eigenvalue weighted by atomic mass is 9.49. The fraction of sp³-hybridized carbons (Fsp3) is 0.727. The van der Waals surface area contributed by atoms with E-state index in [1.54, 1.807) is 0 Å². The van der Waals surface area contributed by atoms with Crippen molar-refractivity contribution in [3.63, 3.8) is 0 Å². The summed E-state index contributed by atoms with van der Waals surface area (Å²) in [6.45, 7) is 4.32. The molecular weight excluding hydrogens is 320 g/mol. The van der Waals surface area contributed by atoms with E-state index in [4.69, 9.17) is 9.97 Å². The lowest BCUT2D eigenvalue weighted by molar-refractivity contribution is -0.00687. The van der Waals surface area contributed by atoms with Crippen LogP contribution in [0.4, 0.5) is 5.82 Å². The minimum atomic E-state index is 0.405. The molecule has 4 heteroatoms. The summed E-state index contributed by atoms with van der Waals surface area (Å²) in [4.78, 5) is 16.0. The van der Waals surface area contributed by atoms with Gasteiger partial charge < -0.3 is 9.88 Å². The fourth-order valence-corrected chi connectivity index (χ4v) is 7.17. The maximum Gasteiger partial charge on any atom is 0.156 e. The molecule has 0 unspecified atom stereocenters. The van der Waals surface area contributed by atoms with Crippen molar-refractivity contribution in [2.24, 2.45) is 17.8 Å². The van der Waals surface area contributed by atoms with Gasteiger partial charge in [0, 0.05) is 24.2 Å². The topological polar surface area (TPSA) is 44.8 Å². The molecule has 0 radical (unpaired) electrons. The van der Waals surface area contributed by atoms with Crippen molar-refractivity contribution in [1.82, 2.24) is 15.0 Å². The number of nitrogens with zero attached hydrogens (tertiary/aromatic N) is 3. The zero-order valence-electron chi connectivity index (χ0n) is 15.9. The highest BCUT2D eigenvalue weighted by Gasteiger charge is 2.52. The number of fused-ring (bicyclic) bond motifs is 1. The summed E-state index contributed by atoms with van der Waals surface area (Å²) in [6, 6.07) is 2.39. The number of piperidine rings is 1. The van der Waals surface area contributed by atoms with Gasteiger partial charge in [0.1, 0.15) is 11.3 Å². The normalized spacial score (nSPS) is 36.2. The van der Waals surface area contributed by atoms with Crippen molar-refractivity contribution in [3.05, 3.63) is 17.6 Å². The van der Waals surface area contributed by atoms with Crippen molar-refractivity contribution in [2.75, 3.05) is 18.0 Å². The third-order valence-electron chi connectivity index (χ3n) is 7.84. The number of aromatic nitrogens is 3.